The number of nitro groups is 1. The van der Waals surface area contributed by atoms with Crippen molar-refractivity contribution in [2.24, 2.45) is 0 Å². The van der Waals surface area contributed by atoms with Gasteiger partial charge >= 0.3 is 23.5 Å². The number of hydrogen-bond acceptors (Lipinski definition) is 10. The molecular formula is C17H19N5O9S. The molecule has 2 amide bonds. The van der Waals surface area contributed by atoms with Crippen LogP contribution in [0.25, 0.3) is 0 Å². The Morgan fingerprint density at radius 3 is 2.72 bits per heavy atom. The molecule has 1 fully saturated rings. The van der Waals surface area contributed by atoms with Gasteiger partial charge in [-0.3, -0.25) is 34.1 Å². The van der Waals surface area contributed by atoms with Gasteiger partial charge in [-0.25, -0.2) is 4.79 Å². The third-order valence-electron chi connectivity index (χ3n) is 4.68. The van der Waals surface area contributed by atoms with Gasteiger partial charge in [-0.15, -0.1) is 16.9 Å². The maximum atomic E-state index is 12.5. The monoisotopic (exact) mass is 469 g/mol. The van der Waals surface area contributed by atoms with Crippen LogP contribution in [0.3, 0.4) is 0 Å². The first kappa shape index (κ1) is 23.1. The Bertz CT molecular complexity index is 1020. The highest BCUT2D eigenvalue weighted by Crippen LogP contribution is 2.40. The molecule has 1 aromatic rings. The largest absolute Gasteiger partial charge is 0.477 e. The van der Waals surface area contributed by atoms with Crippen LogP contribution in [0.1, 0.15) is 13.3 Å². The molecule has 172 valence electrons. The number of methoxy groups -OCH3 is 1. The predicted octanol–water partition coefficient (Wildman–Crippen LogP) is -0.508. The van der Waals surface area contributed by atoms with Crippen molar-refractivity contribution in [1.82, 2.24) is 20.0 Å². The summed E-state index contributed by atoms with van der Waals surface area (Å²) < 4.78 is 10.9. The maximum absolute atomic E-state index is 12.5. The Morgan fingerprint density at radius 2 is 2.16 bits per heavy atom. The Labute approximate surface area is 184 Å². The third kappa shape index (κ3) is 4.51. The number of carboxylic acid groups (broad SMARTS) is 1. The number of carboxylic acids is 1. The first-order valence-electron chi connectivity index (χ1n) is 9.22. The fraction of sp³-hybridized carbons (Fsp3) is 0.471. The molecule has 0 unspecified atom stereocenters. The number of β-lactam (4-membered cyclic amide) rings is 1. The number of ether oxygens (including phenoxy) is 2. The van der Waals surface area contributed by atoms with Gasteiger partial charge in [0, 0.05) is 24.7 Å². The smallest absolute Gasteiger partial charge is 0.352 e. The van der Waals surface area contributed by atoms with Crippen molar-refractivity contribution in [3.8, 4) is 5.88 Å². The number of carbonyl (C=O) groups excluding carboxylic acids is 3. The first-order valence-corrected chi connectivity index (χ1v) is 10.3. The van der Waals surface area contributed by atoms with Crippen LogP contribution in [-0.4, -0.2) is 79.3 Å². The van der Waals surface area contributed by atoms with E-state index in [0.717, 1.165) is 11.1 Å². The summed E-state index contributed by atoms with van der Waals surface area (Å²) >= 11 is 1.24. The van der Waals surface area contributed by atoms with E-state index in [1.807, 2.05) is 0 Å². The topological polar surface area (TPSA) is 183 Å². The van der Waals surface area contributed by atoms with Crippen LogP contribution in [0, 0.1) is 10.1 Å². The number of carbonyl (C=O) groups is 4. The quantitative estimate of drug-likeness (QED) is 0.205. The van der Waals surface area contributed by atoms with E-state index >= 15 is 0 Å². The first-order chi connectivity index (χ1) is 15.1. The Morgan fingerprint density at radius 1 is 1.44 bits per heavy atom. The summed E-state index contributed by atoms with van der Waals surface area (Å²) in [6.45, 7) is 0.958. The van der Waals surface area contributed by atoms with Crippen LogP contribution >= 0.6 is 11.8 Å². The molecule has 0 radical (unpaired) electrons. The maximum Gasteiger partial charge on any atom is 0.352 e. The lowest BCUT2D eigenvalue weighted by Gasteiger charge is -2.49. The molecule has 0 aliphatic carbocycles. The molecule has 14 nitrogen and oxygen atoms in total. The fourth-order valence-corrected chi connectivity index (χ4v) is 4.55. The number of thioether (sulfide) groups is 1. The number of hydrogen-bond donors (Lipinski definition) is 2. The minimum atomic E-state index is -1.33. The van der Waals surface area contributed by atoms with Crippen LogP contribution in [0.4, 0.5) is 5.69 Å². The minimum absolute atomic E-state index is 0.00524. The van der Waals surface area contributed by atoms with Crippen molar-refractivity contribution in [2.75, 3.05) is 19.5 Å². The van der Waals surface area contributed by atoms with E-state index in [9.17, 15) is 34.4 Å². The SMILES string of the molecule is COc1nn(CCC(=O)N[C@H]2C(=O)N3C(C(=O)O)=C(COC(C)=O)CS[C@@H]23)cc1[N+](=O)[O-]. The highest BCUT2D eigenvalue weighted by molar-refractivity contribution is 8.00. The highest BCUT2D eigenvalue weighted by Gasteiger charge is 2.54. The molecule has 0 spiro atoms. The van der Waals surface area contributed by atoms with Gasteiger partial charge in [0.05, 0.1) is 18.6 Å². The van der Waals surface area contributed by atoms with Crippen molar-refractivity contribution < 1.29 is 38.7 Å². The number of nitrogens with zero attached hydrogens (tertiary/aromatic N) is 4. The van der Waals surface area contributed by atoms with Gasteiger partial charge in [-0.05, 0) is 0 Å². The van der Waals surface area contributed by atoms with Crippen molar-refractivity contribution in [3.63, 3.8) is 0 Å². The van der Waals surface area contributed by atoms with Crippen LogP contribution < -0.4 is 10.1 Å². The molecule has 2 aliphatic heterocycles. The van der Waals surface area contributed by atoms with Crippen molar-refractivity contribution in [3.05, 3.63) is 27.6 Å². The Balaban J connectivity index is 1.61. The average Bonchev–Trinajstić information content (AvgIpc) is 3.17. The standard InChI is InChI=1S/C17H19N5O9S/c1-8(23)31-6-9-7-32-16-12(15(25)21(16)13(9)17(26)27)18-11(24)3-4-20-5-10(22(28)29)14(19-20)30-2/h5,12,16H,3-4,6-7H2,1-2H3,(H,18,24)(H,26,27)/t12-,16-/m0/s1. The fourth-order valence-electron chi connectivity index (χ4n) is 3.22. The zero-order chi connectivity index (χ0) is 23.6. The second-order valence-electron chi connectivity index (χ2n) is 6.79. The summed E-state index contributed by atoms with van der Waals surface area (Å²) in [6, 6.07) is -0.918. The number of fused-ring (bicyclic) bond motifs is 1. The molecule has 3 rings (SSSR count). The third-order valence-corrected chi connectivity index (χ3v) is 6.02. The van der Waals surface area contributed by atoms with E-state index in [4.69, 9.17) is 9.47 Å². The molecule has 0 saturated carbocycles. The van der Waals surface area contributed by atoms with Gasteiger partial charge in [0.15, 0.2) is 0 Å². The van der Waals surface area contributed by atoms with Crippen LogP contribution in [0.5, 0.6) is 5.88 Å². The van der Waals surface area contributed by atoms with Crippen LogP contribution in [-0.2, 0) is 30.5 Å². The molecule has 0 aromatic carbocycles. The number of aromatic nitrogens is 2. The molecule has 32 heavy (non-hydrogen) atoms. The molecule has 0 bridgehead atoms. The summed E-state index contributed by atoms with van der Waals surface area (Å²) in [5.41, 5.74) is -0.295. The number of aryl methyl sites for hydroxylation is 1. The van der Waals surface area contributed by atoms with Gasteiger partial charge in [-0.1, -0.05) is 0 Å². The molecule has 1 saturated heterocycles. The van der Waals surface area contributed by atoms with Gasteiger partial charge in [0.25, 0.3) is 5.91 Å². The van der Waals surface area contributed by atoms with Crippen LogP contribution in [0.2, 0.25) is 0 Å². The zero-order valence-corrected chi connectivity index (χ0v) is 17.8. The van der Waals surface area contributed by atoms with E-state index in [-0.39, 0.29) is 42.6 Å². The molecule has 3 heterocycles. The van der Waals surface area contributed by atoms with E-state index in [2.05, 4.69) is 10.4 Å². The summed E-state index contributed by atoms with van der Waals surface area (Å²) in [5.74, 6) is -2.97. The van der Waals surface area contributed by atoms with Crippen molar-refractivity contribution >= 4 is 41.2 Å². The molecule has 2 aliphatic rings. The number of amides is 2. The number of nitrogens with one attached hydrogen (secondary N) is 1. The molecular weight excluding hydrogens is 450 g/mol. The average molecular weight is 469 g/mol. The summed E-state index contributed by atoms with van der Waals surface area (Å²) in [5, 5.41) is 26.3. The van der Waals surface area contributed by atoms with Crippen LogP contribution in [0.15, 0.2) is 17.5 Å². The lowest BCUT2D eigenvalue weighted by molar-refractivity contribution is -0.385. The zero-order valence-electron chi connectivity index (χ0n) is 17.0. The second kappa shape index (κ2) is 9.25. The van der Waals surface area contributed by atoms with Gasteiger partial charge in [0.1, 0.15) is 29.9 Å². The summed E-state index contributed by atoms with van der Waals surface area (Å²) in [4.78, 5) is 58.9. The van der Waals surface area contributed by atoms with Crippen molar-refractivity contribution in [2.45, 2.75) is 31.3 Å². The lowest BCUT2D eigenvalue weighted by atomic mass is 10.0. The summed E-state index contributed by atoms with van der Waals surface area (Å²) in [7, 11) is 1.24. The minimum Gasteiger partial charge on any atom is -0.477 e. The van der Waals surface area contributed by atoms with E-state index < -0.39 is 40.1 Å². The number of esters is 1. The van der Waals surface area contributed by atoms with Gasteiger partial charge < -0.3 is 19.9 Å². The number of rotatable bonds is 9. The molecule has 1 aromatic heterocycles. The Kier molecular flexibility index (Phi) is 6.67. The van der Waals surface area contributed by atoms with Gasteiger partial charge in [-0.2, -0.15) is 0 Å². The predicted molar refractivity (Wildman–Crippen MR) is 106 cm³/mol. The number of aliphatic carboxylic acids is 1. The highest BCUT2D eigenvalue weighted by atomic mass is 32.2. The van der Waals surface area contributed by atoms with Crippen molar-refractivity contribution in [1.29, 1.82) is 0 Å². The lowest BCUT2D eigenvalue weighted by Crippen LogP contribution is -2.70. The van der Waals surface area contributed by atoms with E-state index in [0.29, 0.717) is 5.57 Å². The molecule has 2 N–H and O–H groups in total. The normalized spacial score (nSPS) is 19.7. The van der Waals surface area contributed by atoms with E-state index in [1.54, 1.807) is 0 Å². The molecule has 15 heteroatoms. The Hall–Kier alpha value is -3.62. The van der Waals surface area contributed by atoms with E-state index in [1.165, 1.54) is 30.5 Å². The second-order valence-corrected chi connectivity index (χ2v) is 7.89. The van der Waals surface area contributed by atoms with Gasteiger partial charge in [0.2, 0.25) is 5.91 Å². The molecule has 2 atom stereocenters. The summed E-state index contributed by atoms with van der Waals surface area (Å²) in [6.07, 6.45) is 1.01.